The Kier molecular flexibility index (Phi) is 7.01. The monoisotopic (exact) mass is 584 g/mol. The molecular formula is C29H20N4O4S3. The molecule has 0 spiro atoms. The Morgan fingerprint density at radius 2 is 1.73 bits per heavy atom. The number of aryl methyl sites for hydroxylation is 2. The summed E-state index contributed by atoms with van der Waals surface area (Å²) in [5.41, 5.74) is 4.46. The van der Waals surface area contributed by atoms with E-state index in [9.17, 15) is 14.9 Å². The molecule has 1 aliphatic rings. The molecule has 5 aromatic rings. The molecular weight excluding hydrogens is 565 g/mol. The lowest BCUT2D eigenvalue weighted by Gasteiger charge is -2.16. The van der Waals surface area contributed by atoms with Crippen molar-refractivity contribution in [3.8, 4) is 0 Å². The lowest BCUT2D eigenvalue weighted by Crippen LogP contribution is -2.28. The summed E-state index contributed by atoms with van der Waals surface area (Å²) in [6, 6.07) is 23.8. The summed E-state index contributed by atoms with van der Waals surface area (Å²) in [5, 5.41) is 12.2. The summed E-state index contributed by atoms with van der Waals surface area (Å²) < 4.78 is 7.43. The van der Waals surface area contributed by atoms with E-state index in [4.69, 9.17) is 9.41 Å². The fourth-order valence-corrected chi connectivity index (χ4v) is 6.91. The largest absolute Gasteiger partial charge is 0.450 e. The quantitative estimate of drug-likeness (QED) is 0.112. The maximum Gasteiger partial charge on any atom is 0.271 e. The van der Waals surface area contributed by atoms with Crippen molar-refractivity contribution >= 4 is 79.3 Å². The number of hydrogen-bond donors (Lipinski definition) is 0. The maximum atomic E-state index is 13.6. The number of carbonyl (C=O) groups is 1. The first-order valence-electron chi connectivity index (χ1n) is 12.1. The summed E-state index contributed by atoms with van der Waals surface area (Å²) >= 11 is 3.98. The normalized spacial score (nSPS) is 15.6. The van der Waals surface area contributed by atoms with Crippen LogP contribution in [0.25, 0.3) is 16.3 Å². The Labute approximate surface area is 241 Å². The molecule has 0 unspecified atom stereocenters. The average Bonchev–Trinajstić information content (AvgIpc) is 3.63. The van der Waals surface area contributed by atoms with Gasteiger partial charge in [0.15, 0.2) is 14.6 Å². The first kappa shape index (κ1) is 26.1. The standard InChI is InChI=1S/C29H20N4O4S3/c1-17-3-7-19(8-4-17)30-28-32(20-9-5-18(2)6-10-20)27(34)25(38-28)16-22-12-14-26(37-22)40-29-31-23-13-11-21(33(35)36)15-24(23)39-29/h3-16H,1-2H3/b25-16-,30-28?. The number of aliphatic imine (C=N–C) groups is 1. The van der Waals surface area contributed by atoms with Crippen molar-refractivity contribution in [1.29, 1.82) is 0 Å². The molecule has 1 saturated heterocycles. The third-order valence-corrected chi connectivity index (χ3v) is 8.95. The van der Waals surface area contributed by atoms with Gasteiger partial charge in [0, 0.05) is 18.2 Å². The molecule has 40 heavy (non-hydrogen) atoms. The fourth-order valence-electron chi connectivity index (χ4n) is 3.93. The number of amidine groups is 1. The molecule has 0 saturated carbocycles. The van der Waals surface area contributed by atoms with Crippen molar-refractivity contribution in [2.75, 3.05) is 4.90 Å². The van der Waals surface area contributed by atoms with Gasteiger partial charge in [-0.25, -0.2) is 9.98 Å². The highest BCUT2D eigenvalue weighted by atomic mass is 32.2. The Bertz CT molecular complexity index is 1820. The van der Waals surface area contributed by atoms with Crippen LogP contribution < -0.4 is 4.90 Å². The number of aromatic nitrogens is 1. The summed E-state index contributed by atoms with van der Waals surface area (Å²) in [4.78, 5) is 35.7. The lowest BCUT2D eigenvalue weighted by molar-refractivity contribution is -0.384. The number of nitro benzene ring substituents is 1. The number of thiazole rings is 1. The van der Waals surface area contributed by atoms with Gasteiger partial charge in [-0.3, -0.25) is 19.8 Å². The number of non-ortho nitro benzene ring substituents is 1. The van der Waals surface area contributed by atoms with E-state index in [1.54, 1.807) is 23.1 Å². The van der Waals surface area contributed by atoms with Gasteiger partial charge in [-0.05, 0) is 79.8 Å². The van der Waals surface area contributed by atoms with E-state index in [0.29, 0.717) is 30.8 Å². The molecule has 2 aromatic heterocycles. The van der Waals surface area contributed by atoms with Crippen LogP contribution in [0.15, 0.2) is 103 Å². The zero-order valence-electron chi connectivity index (χ0n) is 21.2. The molecule has 0 bridgehead atoms. The molecule has 0 N–H and O–H groups in total. The molecule has 1 amide bonds. The number of rotatable bonds is 6. The Morgan fingerprint density at radius 3 is 2.45 bits per heavy atom. The SMILES string of the molecule is Cc1ccc(N=C2S/C(=C\c3ccc(Sc4nc5ccc([N+](=O)[O-])cc5s4)o3)C(=O)N2c2ccc(C)cc2)cc1. The number of amides is 1. The van der Waals surface area contributed by atoms with Crippen molar-refractivity contribution in [1.82, 2.24) is 4.98 Å². The molecule has 0 aliphatic carbocycles. The number of nitrogens with zero attached hydrogens (tertiary/aromatic N) is 4. The van der Waals surface area contributed by atoms with E-state index >= 15 is 0 Å². The van der Waals surface area contributed by atoms with E-state index < -0.39 is 4.92 Å². The molecule has 6 rings (SSSR count). The predicted octanol–water partition coefficient (Wildman–Crippen LogP) is 8.37. The van der Waals surface area contributed by atoms with E-state index in [0.717, 1.165) is 27.2 Å². The van der Waals surface area contributed by atoms with Crippen LogP contribution in [0.3, 0.4) is 0 Å². The molecule has 1 aliphatic heterocycles. The van der Waals surface area contributed by atoms with Crippen molar-refractivity contribution in [2.45, 2.75) is 23.3 Å². The summed E-state index contributed by atoms with van der Waals surface area (Å²) in [5.74, 6) is 0.341. The number of anilines is 1. The minimum atomic E-state index is -0.419. The van der Waals surface area contributed by atoms with E-state index in [1.807, 2.05) is 68.4 Å². The van der Waals surface area contributed by atoms with Crippen LogP contribution in [0.4, 0.5) is 17.1 Å². The third-order valence-electron chi connectivity index (χ3n) is 5.98. The predicted molar refractivity (Wildman–Crippen MR) is 162 cm³/mol. The van der Waals surface area contributed by atoms with Gasteiger partial charge < -0.3 is 4.42 Å². The first-order valence-corrected chi connectivity index (χ1v) is 14.6. The van der Waals surface area contributed by atoms with Crippen molar-refractivity contribution < 1.29 is 14.1 Å². The molecule has 3 aromatic carbocycles. The summed E-state index contributed by atoms with van der Waals surface area (Å²) in [6.07, 6.45) is 1.72. The van der Waals surface area contributed by atoms with Gasteiger partial charge >= 0.3 is 0 Å². The number of fused-ring (bicyclic) bond motifs is 1. The van der Waals surface area contributed by atoms with E-state index in [2.05, 4.69) is 4.98 Å². The second-order valence-corrected chi connectivity index (χ2v) is 12.3. The van der Waals surface area contributed by atoms with Gasteiger partial charge in [0.25, 0.3) is 11.6 Å². The molecule has 11 heteroatoms. The smallest absolute Gasteiger partial charge is 0.271 e. The first-order chi connectivity index (χ1) is 19.3. The Hall–Kier alpha value is -4.19. The Balaban J connectivity index is 1.27. The molecule has 198 valence electrons. The fraction of sp³-hybridized carbons (Fsp3) is 0.0690. The zero-order chi connectivity index (χ0) is 27.8. The van der Waals surface area contributed by atoms with E-state index in [-0.39, 0.29) is 11.6 Å². The van der Waals surface area contributed by atoms with Crippen LogP contribution in [0.1, 0.15) is 16.9 Å². The van der Waals surface area contributed by atoms with Gasteiger partial charge in [-0.15, -0.1) is 11.3 Å². The van der Waals surface area contributed by atoms with Gasteiger partial charge in [0.05, 0.1) is 31.4 Å². The van der Waals surface area contributed by atoms with Crippen LogP contribution in [0.2, 0.25) is 0 Å². The molecule has 0 atom stereocenters. The van der Waals surface area contributed by atoms with Crippen LogP contribution in [-0.4, -0.2) is 21.0 Å². The van der Waals surface area contributed by atoms with Crippen molar-refractivity contribution in [3.63, 3.8) is 0 Å². The molecule has 8 nitrogen and oxygen atoms in total. The van der Waals surface area contributed by atoms with Gasteiger partial charge in [0.1, 0.15) is 5.76 Å². The highest BCUT2D eigenvalue weighted by Crippen LogP contribution is 2.39. The number of thioether (sulfide) groups is 1. The minimum absolute atomic E-state index is 0.0308. The zero-order valence-corrected chi connectivity index (χ0v) is 23.7. The van der Waals surface area contributed by atoms with Crippen LogP contribution >= 0.6 is 34.9 Å². The van der Waals surface area contributed by atoms with E-state index in [1.165, 1.54) is 47.0 Å². The van der Waals surface area contributed by atoms with Gasteiger partial charge in [-0.2, -0.15) is 0 Å². The number of carbonyl (C=O) groups excluding carboxylic acids is 1. The second kappa shape index (κ2) is 10.8. The van der Waals surface area contributed by atoms with Crippen LogP contribution in [0, 0.1) is 24.0 Å². The average molecular weight is 585 g/mol. The molecule has 0 radical (unpaired) electrons. The van der Waals surface area contributed by atoms with Crippen molar-refractivity contribution in [3.05, 3.63) is 111 Å². The Morgan fingerprint density at radius 1 is 1.00 bits per heavy atom. The second-order valence-electron chi connectivity index (χ2n) is 8.96. The number of furan rings is 1. The highest BCUT2D eigenvalue weighted by Gasteiger charge is 2.35. The lowest BCUT2D eigenvalue weighted by atomic mass is 10.2. The number of hydrogen-bond acceptors (Lipinski definition) is 9. The van der Waals surface area contributed by atoms with Gasteiger partial charge in [0.2, 0.25) is 0 Å². The summed E-state index contributed by atoms with van der Waals surface area (Å²) in [7, 11) is 0. The minimum Gasteiger partial charge on any atom is -0.450 e. The maximum absolute atomic E-state index is 13.6. The summed E-state index contributed by atoms with van der Waals surface area (Å²) in [6.45, 7) is 4.02. The number of benzene rings is 3. The highest BCUT2D eigenvalue weighted by molar-refractivity contribution is 8.19. The van der Waals surface area contributed by atoms with Crippen LogP contribution in [0.5, 0.6) is 0 Å². The third kappa shape index (κ3) is 5.44. The molecule has 3 heterocycles. The topological polar surface area (TPSA) is 102 Å². The van der Waals surface area contributed by atoms with Gasteiger partial charge in [-0.1, -0.05) is 35.4 Å². The van der Waals surface area contributed by atoms with Crippen molar-refractivity contribution in [2.24, 2.45) is 4.99 Å². The van der Waals surface area contributed by atoms with Crippen LogP contribution in [-0.2, 0) is 4.79 Å². The molecule has 1 fully saturated rings. The number of nitro groups is 1.